The molecule has 6 aromatic rings. The maximum Gasteiger partial charge on any atom is 0.321 e. The maximum atomic E-state index is 15.7. The number of ketones is 1. The Balaban J connectivity index is 1.17. The lowest BCUT2D eigenvalue weighted by atomic mass is 9.90. The zero-order valence-corrected chi connectivity index (χ0v) is 36.9. The van der Waals surface area contributed by atoms with E-state index in [2.05, 4.69) is 72.2 Å². The van der Waals surface area contributed by atoms with Gasteiger partial charge in [-0.05, 0) is 85.3 Å². The topological polar surface area (TPSA) is 99.0 Å². The Bertz CT molecular complexity index is 2420. The van der Waals surface area contributed by atoms with Crippen molar-refractivity contribution in [2.45, 2.75) is 109 Å². The molecule has 0 unspecified atom stereocenters. The lowest BCUT2D eigenvalue weighted by Gasteiger charge is -2.37. The van der Waals surface area contributed by atoms with Crippen LogP contribution in [-0.4, -0.2) is 81.1 Å². The van der Waals surface area contributed by atoms with Gasteiger partial charge in [0, 0.05) is 50.6 Å². The number of urea groups is 1. The third-order valence-electron chi connectivity index (χ3n) is 11.7. The van der Waals surface area contributed by atoms with Crippen molar-refractivity contribution < 1.29 is 23.8 Å². The van der Waals surface area contributed by atoms with Crippen LogP contribution < -0.4 is 0 Å². The van der Waals surface area contributed by atoms with Crippen molar-refractivity contribution in [3.8, 4) is 0 Å². The van der Waals surface area contributed by atoms with Crippen LogP contribution in [0, 0.1) is 0 Å². The summed E-state index contributed by atoms with van der Waals surface area (Å²) in [6.07, 6.45) is 4.01. The smallest absolute Gasteiger partial charge is 0.321 e. The van der Waals surface area contributed by atoms with Crippen LogP contribution in [0.3, 0.4) is 0 Å². The zero-order valence-electron chi connectivity index (χ0n) is 35.9. The molecule has 61 heavy (non-hydrogen) atoms. The molecule has 0 saturated carbocycles. The standard InChI is InChI=1S/C50H57N5O5Si/c1-50(2)59-47-44(29-36-15-8-6-9-16-36)53(33-38-19-14-20-40(27-38)46(56)31-42-21-12-13-24-51-42)49(57)54(45(48(47)60-50)30-37-17-10-7-11-18-37)34-39-22-23-43-41(28-39)32-52-55(43)35-58-25-26-61(3,4)5/h6-24,27-28,32,44-45,47-48H,25-26,29-31,33-35H2,1-5H3/t44-,45-,47+,48+/m1/s1. The summed E-state index contributed by atoms with van der Waals surface area (Å²) in [6.45, 7) is 12.7. The van der Waals surface area contributed by atoms with E-state index in [-0.39, 0.29) is 36.9 Å². The Morgan fingerprint density at radius 3 is 1.95 bits per heavy atom. The van der Waals surface area contributed by atoms with Gasteiger partial charge in [-0.3, -0.25) is 9.78 Å². The van der Waals surface area contributed by atoms with Crippen LogP contribution in [0.25, 0.3) is 10.9 Å². The monoisotopic (exact) mass is 835 g/mol. The fraction of sp³-hybridized carbons (Fsp3) is 0.360. The van der Waals surface area contributed by atoms with Crippen LogP contribution in [0.1, 0.15) is 52.2 Å². The van der Waals surface area contributed by atoms with E-state index in [0.29, 0.717) is 44.0 Å². The molecule has 0 bridgehead atoms. The minimum atomic E-state index is -1.21. The first-order valence-corrected chi connectivity index (χ1v) is 25.1. The molecule has 316 valence electrons. The number of hydrogen-bond acceptors (Lipinski definition) is 7. The molecule has 4 atom stereocenters. The van der Waals surface area contributed by atoms with Gasteiger partial charge in [-0.2, -0.15) is 5.10 Å². The van der Waals surface area contributed by atoms with Crippen molar-refractivity contribution in [1.82, 2.24) is 24.6 Å². The molecule has 0 radical (unpaired) electrons. The van der Waals surface area contributed by atoms with Gasteiger partial charge in [0.05, 0.1) is 30.2 Å². The highest BCUT2D eigenvalue weighted by Crippen LogP contribution is 2.40. The van der Waals surface area contributed by atoms with Crippen molar-refractivity contribution in [2.24, 2.45) is 0 Å². The van der Waals surface area contributed by atoms with Crippen molar-refractivity contribution in [1.29, 1.82) is 0 Å². The summed E-state index contributed by atoms with van der Waals surface area (Å²) in [6, 6.07) is 40.4. The number of fused-ring (bicyclic) bond motifs is 2. The number of pyridine rings is 1. The molecule has 4 aromatic carbocycles. The largest absolute Gasteiger partial charge is 0.360 e. The summed E-state index contributed by atoms with van der Waals surface area (Å²) in [7, 11) is -1.21. The molecule has 2 aliphatic heterocycles. The molecule has 0 aliphatic carbocycles. The van der Waals surface area contributed by atoms with Crippen LogP contribution >= 0.6 is 0 Å². The highest BCUT2D eigenvalue weighted by atomic mass is 28.3. The van der Waals surface area contributed by atoms with Crippen molar-refractivity contribution in [3.05, 3.63) is 167 Å². The van der Waals surface area contributed by atoms with E-state index in [1.165, 1.54) is 0 Å². The molecule has 4 heterocycles. The number of carbonyl (C=O) groups excluding carboxylic acids is 2. The number of ether oxygens (including phenoxy) is 3. The van der Waals surface area contributed by atoms with Crippen LogP contribution in [0.15, 0.2) is 134 Å². The predicted octanol–water partition coefficient (Wildman–Crippen LogP) is 9.35. The number of benzene rings is 4. The van der Waals surface area contributed by atoms with Gasteiger partial charge in [-0.15, -0.1) is 0 Å². The second-order valence-corrected chi connectivity index (χ2v) is 23.7. The van der Waals surface area contributed by atoms with Gasteiger partial charge in [-0.25, -0.2) is 9.48 Å². The molecular formula is C50H57N5O5Si. The van der Waals surface area contributed by atoms with E-state index in [4.69, 9.17) is 14.2 Å². The maximum absolute atomic E-state index is 15.7. The molecule has 11 heteroatoms. The number of nitrogens with zero attached hydrogens (tertiary/aromatic N) is 5. The highest BCUT2D eigenvalue weighted by molar-refractivity contribution is 6.76. The Kier molecular flexibility index (Phi) is 12.6. The molecule has 2 amide bonds. The number of aromatic nitrogens is 3. The van der Waals surface area contributed by atoms with Gasteiger partial charge in [-0.1, -0.05) is 111 Å². The Morgan fingerprint density at radius 2 is 1.34 bits per heavy atom. The van der Waals surface area contributed by atoms with E-state index < -0.39 is 26.1 Å². The summed E-state index contributed by atoms with van der Waals surface area (Å²) in [5, 5.41) is 5.66. The van der Waals surface area contributed by atoms with Crippen LogP contribution in [-0.2, 0) is 53.3 Å². The average molecular weight is 836 g/mol. The van der Waals surface area contributed by atoms with Crippen molar-refractivity contribution in [2.75, 3.05) is 6.61 Å². The van der Waals surface area contributed by atoms with Gasteiger partial charge in [0.15, 0.2) is 11.6 Å². The number of hydrogen-bond donors (Lipinski definition) is 0. The second kappa shape index (κ2) is 18.3. The fourth-order valence-electron chi connectivity index (χ4n) is 8.62. The first-order chi connectivity index (χ1) is 29.4. The number of carbonyl (C=O) groups is 2. The lowest BCUT2D eigenvalue weighted by molar-refractivity contribution is -0.157. The Hall–Kier alpha value is -5.46. The summed E-state index contributed by atoms with van der Waals surface area (Å²) >= 11 is 0. The van der Waals surface area contributed by atoms with Gasteiger partial charge < -0.3 is 24.0 Å². The predicted molar refractivity (Wildman–Crippen MR) is 241 cm³/mol. The summed E-state index contributed by atoms with van der Waals surface area (Å²) < 4.78 is 21.8. The number of Topliss-reactive ketones (excluding diaryl/α,β-unsaturated/α-hetero) is 1. The van der Waals surface area contributed by atoms with Gasteiger partial charge in [0.2, 0.25) is 0 Å². The van der Waals surface area contributed by atoms with Crippen LogP contribution in [0.5, 0.6) is 0 Å². The minimum Gasteiger partial charge on any atom is -0.360 e. The Labute approximate surface area is 360 Å². The van der Waals surface area contributed by atoms with Crippen LogP contribution in [0.2, 0.25) is 25.7 Å². The number of rotatable bonds is 16. The van der Waals surface area contributed by atoms with Crippen LogP contribution in [0.4, 0.5) is 4.79 Å². The molecule has 0 N–H and O–H groups in total. The summed E-state index contributed by atoms with van der Waals surface area (Å²) in [5.74, 6) is -0.918. The average Bonchev–Trinajstić information content (AvgIpc) is 3.79. The van der Waals surface area contributed by atoms with E-state index >= 15 is 4.79 Å². The second-order valence-electron chi connectivity index (χ2n) is 18.1. The molecule has 8 rings (SSSR count). The van der Waals surface area contributed by atoms with E-state index in [9.17, 15) is 4.79 Å². The molecule has 2 fully saturated rings. The summed E-state index contributed by atoms with van der Waals surface area (Å²) in [5.41, 5.74) is 6.32. The first-order valence-electron chi connectivity index (χ1n) is 21.4. The first kappa shape index (κ1) is 42.2. The third-order valence-corrected chi connectivity index (χ3v) is 13.4. The molecule has 2 aliphatic rings. The fourth-order valence-corrected chi connectivity index (χ4v) is 9.38. The van der Waals surface area contributed by atoms with E-state index in [0.717, 1.165) is 39.2 Å². The van der Waals surface area contributed by atoms with Crippen molar-refractivity contribution >= 4 is 30.8 Å². The quantitative estimate of drug-likeness (QED) is 0.0545. The molecule has 2 aromatic heterocycles. The minimum absolute atomic E-state index is 0.0284. The normalized spacial score (nSPS) is 20.2. The van der Waals surface area contributed by atoms with E-state index in [1.54, 1.807) is 6.20 Å². The summed E-state index contributed by atoms with van der Waals surface area (Å²) in [4.78, 5) is 37.7. The highest BCUT2D eigenvalue weighted by Gasteiger charge is 2.55. The van der Waals surface area contributed by atoms with Gasteiger partial charge >= 0.3 is 6.03 Å². The van der Waals surface area contributed by atoms with Gasteiger partial charge in [0.1, 0.15) is 18.9 Å². The number of amides is 2. The molecule has 0 spiro atoms. The SMILES string of the molecule is CC1(C)O[C@@H]2[C@@H](O1)[C@@H](Cc1ccccc1)N(Cc1ccc3c(cnn3COCC[Si](C)(C)C)c1)C(=O)N(Cc1cccc(C(=O)Cc3ccccn3)c1)[C@@H]2Cc1ccccc1. The third kappa shape index (κ3) is 10.4. The van der Waals surface area contributed by atoms with E-state index in [1.807, 2.05) is 113 Å². The van der Waals surface area contributed by atoms with Crippen molar-refractivity contribution in [3.63, 3.8) is 0 Å². The molecular weight excluding hydrogens is 779 g/mol. The van der Waals surface area contributed by atoms with Gasteiger partial charge in [0.25, 0.3) is 0 Å². The lowest BCUT2D eigenvalue weighted by Crippen LogP contribution is -2.51. The zero-order chi connectivity index (χ0) is 42.6. The molecule has 10 nitrogen and oxygen atoms in total. The molecule has 2 saturated heterocycles. The Morgan fingerprint density at radius 1 is 0.738 bits per heavy atom.